The van der Waals surface area contributed by atoms with E-state index in [2.05, 4.69) is 58.2 Å². The highest BCUT2D eigenvalue weighted by Crippen LogP contribution is 2.09. The van der Waals surface area contributed by atoms with Gasteiger partial charge in [-0.15, -0.1) is 10.3 Å². The number of nitrogens with two attached hydrogens (primary N) is 2. The molecule has 0 heterocycles. The molecule has 0 fully saturated rings. The molecule has 0 saturated heterocycles. The van der Waals surface area contributed by atoms with E-state index in [1.165, 1.54) is 12.4 Å². The standard InChI is InChI=1S/C53H99N13O15.C2H6.CH4/c1-39(49(54)73)15-7-10-23-57-47(71)35-80-31-30-79-28-26-59-48(72)36-81-32-29-78-27-25-58-44(68)19-13-18-43(67)56-22-12-9-17-42(51(75)60-24-11-8-16-40(2)50(55)74)66-46(70)21-14-20-45(69)65-41(33-61-52(3,4)37-63-76)34-62-53(5,6)38-64-77;1-2;/h37-42,61-62,76-77H,7-36H2,1-6H3,(H2,54,73)(H2,55,74)(H,56,67)(H,57,71)(H,58,68)(H,59,72)(H,60,75)(H,65,69)(H,66,70);1-2H3;1H4/b63-37+,64-38+;;/t39-,40-,42-;;/m0../s1. The quantitative estimate of drug-likeness (QED) is 0.0175. The summed E-state index contributed by atoms with van der Waals surface area (Å²) in [5.74, 6) is -3.34. The highest BCUT2D eigenvalue weighted by Gasteiger charge is 2.24. The molecule has 0 aliphatic carbocycles. The molecule has 0 aliphatic heterocycles. The van der Waals surface area contributed by atoms with E-state index in [0.29, 0.717) is 64.6 Å². The maximum atomic E-state index is 13.3. The third-order valence-electron chi connectivity index (χ3n) is 12.3. The number of nitrogens with one attached hydrogen (secondary N) is 9. The smallest absolute Gasteiger partial charge is 0.246 e. The second kappa shape index (κ2) is 52.5. The van der Waals surface area contributed by atoms with Gasteiger partial charge in [-0.3, -0.25) is 43.2 Å². The van der Waals surface area contributed by atoms with Crippen LogP contribution < -0.4 is 59.3 Å². The van der Waals surface area contributed by atoms with E-state index in [0.717, 1.165) is 12.8 Å². The minimum Gasteiger partial charge on any atom is -0.411 e. The van der Waals surface area contributed by atoms with Crippen molar-refractivity contribution in [3.8, 4) is 0 Å². The van der Waals surface area contributed by atoms with Gasteiger partial charge in [0.05, 0.1) is 69.2 Å². The van der Waals surface area contributed by atoms with Gasteiger partial charge in [-0.25, -0.2) is 0 Å². The van der Waals surface area contributed by atoms with Gasteiger partial charge in [0, 0.05) is 83.3 Å². The topological polar surface area (TPSA) is 416 Å². The number of unbranched alkanes of at least 4 members (excludes halogenated alkanes) is 3. The molecule has 0 spiro atoms. The molecule has 84 heavy (non-hydrogen) atoms. The summed E-state index contributed by atoms with van der Waals surface area (Å²) < 4.78 is 21.4. The molecule has 3 atom stereocenters. The summed E-state index contributed by atoms with van der Waals surface area (Å²) in [4.78, 5) is 110. The lowest BCUT2D eigenvalue weighted by atomic mass is 10.0. The van der Waals surface area contributed by atoms with E-state index in [4.69, 9.17) is 40.8 Å². The molecule has 0 aliphatic rings. The first-order chi connectivity index (χ1) is 39.5. The van der Waals surface area contributed by atoms with Crippen molar-refractivity contribution in [1.82, 2.24) is 47.9 Å². The predicted molar refractivity (Wildman–Crippen MR) is 321 cm³/mol. The summed E-state index contributed by atoms with van der Waals surface area (Å²) >= 11 is 0. The third kappa shape index (κ3) is 50.4. The minimum absolute atomic E-state index is 0. The number of ether oxygens (including phenoxy) is 4. The lowest BCUT2D eigenvalue weighted by Gasteiger charge is -2.29. The maximum absolute atomic E-state index is 13.3. The molecule has 0 unspecified atom stereocenters. The molecule has 0 radical (unpaired) electrons. The molecule has 488 valence electrons. The second-order valence-corrected chi connectivity index (χ2v) is 20.9. The molecule has 0 aromatic carbocycles. The number of amides is 9. The van der Waals surface area contributed by atoms with Gasteiger partial charge in [-0.1, -0.05) is 48.0 Å². The average Bonchev–Trinajstić information content (AvgIpc) is 3.48. The molecule has 0 aromatic heterocycles. The van der Waals surface area contributed by atoms with E-state index < -0.39 is 35.0 Å². The SMILES string of the molecule is C.CC.C[C@@H](CCCCNC(=O)COCCOCCNC(=O)COCCOCCNC(=O)CCCC(=O)NCCCC[C@H](NC(=O)CCCC(=O)NC(CNC(C)(C)/C=N/O)CNC(C)(C)/C=N/O)C(=O)NCCCC[C@H](C)C(N)=O)C(N)=O. The van der Waals surface area contributed by atoms with Crippen LogP contribution in [-0.4, -0.2) is 198 Å². The Morgan fingerprint density at radius 3 is 1.25 bits per heavy atom. The van der Waals surface area contributed by atoms with Crippen LogP contribution in [0.5, 0.6) is 0 Å². The van der Waals surface area contributed by atoms with Crippen LogP contribution in [0.4, 0.5) is 0 Å². The molecular weight excluding hydrogens is 1090 g/mol. The van der Waals surface area contributed by atoms with Gasteiger partial charge in [-0.2, -0.15) is 0 Å². The van der Waals surface area contributed by atoms with Gasteiger partial charge < -0.3 is 88.7 Å². The summed E-state index contributed by atoms with van der Waals surface area (Å²) in [6.45, 7) is 18.0. The van der Waals surface area contributed by atoms with Crippen molar-refractivity contribution in [3.05, 3.63) is 0 Å². The van der Waals surface area contributed by atoms with Crippen LogP contribution in [-0.2, 0) is 62.1 Å². The van der Waals surface area contributed by atoms with Crippen molar-refractivity contribution in [2.75, 3.05) is 98.7 Å². The Kier molecular flexibility index (Phi) is 51.3. The summed E-state index contributed by atoms with van der Waals surface area (Å²) in [5, 5.41) is 50.2. The lowest BCUT2D eigenvalue weighted by Crippen LogP contribution is -2.55. The zero-order valence-corrected chi connectivity index (χ0v) is 50.9. The Morgan fingerprint density at radius 2 is 0.821 bits per heavy atom. The van der Waals surface area contributed by atoms with Crippen molar-refractivity contribution < 1.29 is 72.5 Å². The maximum Gasteiger partial charge on any atom is 0.246 e. The van der Waals surface area contributed by atoms with E-state index in [-0.39, 0.29) is 178 Å². The van der Waals surface area contributed by atoms with Gasteiger partial charge in [0.15, 0.2) is 0 Å². The van der Waals surface area contributed by atoms with E-state index in [1.807, 2.05) is 13.8 Å². The van der Waals surface area contributed by atoms with E-state index >= 15 is 0 Å². The summed E-state index contributed by atoms with van der Waals surface area (Å²) in [5.41, 5.74) is 9.22. The fourth-order valence-corrected chi connectivity index (χ4v) is 7.25. The van der Waals surface area contributed by atoms with Crippen LogP contribution in [0.1, 0.15) is 159 Å². The summed E-state index contributed by atoms with van der Waals surface area (Å²) in [6.07, 6.45) is 8.74. The number of nitrogens with zero attached hydrogens (tertiary/aromatic N) is 2. The van der Waals surface area contributed by atoms with Crippen LogP contribution >= 0.6 is 0 Å². The molecule has 0 aromatic rings. The molecular formula is C56H109N13O15. The number of carbonyl (C=O) groups is 9. The van der Waals surface area contributed by atoms with Gasteiger partial charge in [-0.05, 0) is 85.5 Å². The first kappa shape index (κ1) is 82.1. The Morgan fingerprint density at radius 1 is 0.464 bits per heavy atom. The first-order valence-corrected chi connectivity index (χ1v) is 29.2. The molecule has 15 N–H and O–H groups in total. The van der Waals surface area contributed by atoms with Crippen LogP contribution in [0, 0.1) is 11.8 Å². The average molecular weight is 1200 g/mol. The molecule has 9 amide bonds. The predicted octanol–water partition coefficient (Wildman–Crippen LogP) is 1.02. The fourth-order valence-electron chi connectivity index (χ4n) is 7.25. The number of primary amides is 2. The largest absolute Gasteiger partial charge is 0.411 e. The zero-order chi connectivity index (χ0) is 62.7. The summed E-state index contributed by atoms with van der Waals surface area (Å²) in [7, 11) is 0. The Labute approximate surface area is 499 Å². The second-order valence-electron chi connectivity index (χ2n) is 20.9. The minimum atomic E-state index is -0.873. The zero-order valence-electron chi connectivity index (χ0n) is 50.9. The van der Waals surface area contributed by atoms with Crippen LogP contribution in [0.15, 0.2) is 10.3 Å². The number of carbonyl (C=O) groups excluding carboxylic acids is 9. The monoisotopic (exact) mass is 1200 g/mol. The van der Waals surface area contributed by atoms with E-state index in [9.17, 15) is 43.2 Å². The normalized spacial score (nSPS) is 12.5. The van der Waals surface area contributed by atoms with Gasteiger partial charge in [0.2, 0.25) is 53.2 Å². The van der Waals surface area contributed by atoms with Crippen LogP contribution in [0.3, 0.4) is 0 Å². The van der Waals surface area contributed by atoms with Crippen molar-refractivity contribution in [2.24, 2.45) is 33.6 Å². The first-order valence-electron chi connectivity index (χ1n) is 29.2. The van der Waals surface area contributed by atoms with Crippen molar-refractivity contribution in [3.63, 3.8) is 0 Å². The Bertz CT molecular complexity index is 1870. The highest BCUT2D eigenvalue weighted by molar-refractivity contribution is 5.88. The number of rotatable bonds is 52. The molecule has 0 rings (SSSR count). The molecule has 28 heteroatoms. The van der Waals surface area contributed by atoms with Gasteiger partial charge >= 0.3 is 0 Å². The lowest BCUT2D eigenvalue weighted by molar-refractivity contribution is -0.129. The van der Waals surface area contributed by atoms with Crippen molar-refractivity contribution in [1.29, 1.82) is 0 Å². The summed E-state index contributed by atoms with van der Waals surface area (Å²) in [6, 6.07) is -1.31. The highest BCUT2D eigenvalue weighted by atomic mass is 16.5. The van der Waals surface area contributed by atoms with Gasteiger partial charge in [0.1, 0.15) is 19.3 Å². The fraction of sp³-hybridized carbons (Fsp3) is 0.804. The van der Waals surface area contributed by atoms with Crippen molar-refractivity contribution in [2.45, 2.75) is 182 Å². The van der Waals surface area contributed by atoms with Crippen LogP contribution in [0.2, 0.25) is 0 Å². The third-order valence-corrected chi connectivity index (χ3v) is 12.3. The molecule has 0 bridgehead atoms. The van der Waals surface area contributed by atoms with Gasteiger partial charge in [0.25, 0.3) is 0 Å². The molecule has 0 saturated carbocycles. The number of oxime groups is 2. The Hall–Kier alpha value is -6.07. The van der Waals surface area contributed by atoms with Crippen molar-refractivity contribution >= 4 is 65.6 Å². The Balaban J connectivity index is -0.0000216. The number of hydrogen-bond donors (Lipinski definition) is 13. The van der Waals surface area contributed by atoms with E-state index in [1.54, 1.807) is 41.5 Å². The number of hydrogen-bond acceptors (Lipinski definition) is 19. The van der Waals surface area contributed by atoms with Crippen LogP contribution in [0.25, 0.3) is 0 Å². The molecule has 28 nitrogen and oxygen atoms in total.